The molecule has 7 heterocycles. The van der Waals surface area contributed by atoms with Gasteiger partial charge in [-0.25, -0.2) is 19.9 Å². The fourth-order valence-electron chi connectivity index (χ4n) is 17.6. The fourth-order valence-corrected chi connectivity index (χ4v) is 24.2. The van der Waals surface area contributed by atoms with Crippen LogP contribution in [-0.4, -0.2) is 63.5 Å². The van der Waals surface area contributed by atoms with Gasteiger partial charge in [0.1, 0.15) is 16.1 Å². The summed E-state index contributed by atoms with van der Waals surface area (Å²) in [6.45, 7) is 18.0. The third kappa shape index (κ3) is 12.5. The minimum Gasteiger partial charge on any atom is -0.399 e. The summed E-state index contributed by atoms with van der Waals surface area (Å²) < 4.78 is 17.6. The van der Waals surface area contributed by atoms with E-state index in [9.17, 15) is 0 Å². The Hall–Kier alpha value is -12.5. The molecule has 0 spiro atoms. The van der Waals surface area contributed by atoms with Gasteiger partial charge < -0.3 is 18.4 Å². The van der Waals surface area contributed by atoms with Crippen molar-refractivity contribution in [2.75, 3.05) is 0 Å². The van der Waals surface area contributed by atoms with Gasteiger partial charge in [0.2, 0.25) is 5.28 Å². The lowest BCUT2D eigenvalue weighted by atomic mass is 9.78. The maximum atomic E-state index is 6.40. The molecule has 3 aliphatic heterocycles. The highest BCUT2D eigenvalue weighted by molar-refractivity contribution is 7.05. The lowest BCUT2D eigenvalue weighted by Crippen LogP contribution is -2.50. The number of para-hydroxylation sites is 2. The van der Waals surface area contributed by atoms with Crippen LogP contribution in [0.15, 0.2) is 352 Å². The van der Waals surface area contributed by atoms with Crippen LogP contribution < -0.4 is 26.2 Å². The highest BCUT2D eigenvalue weighted by Gasteiger charge is 2.52. The molecule has 3 aliphatic rings. The second-order valence-corrected chi connectivity index (χ2v) is 40.9. The Morgan fingerprint density at radius 1 is 0.298 bits per heavy atom. The summed E-state index contributed by atoms with van der Waals surface area (Å²) in [5, 5.41) is 10.7. The van der Waals surface area contributed by atoms with E-state index < -0.39 is 23.3 Å². The van der Waals surface area contributed by atoms with Gasteiger partial charge in [0.15, 0.2) is 5.82 Å². The van der Waals surface area contributed by atoms with E-state index in [4.69, 9.17) is 30.9 Å². The van der Waals surface area contributed by atoms with Gasteiger partial charge in [-0.05, 0) is 188 Å². The topological polar surface area (TPSA) is 79.9 Å². The molecule has 0 amide bonds. The summed E-state index contributed by atoms with van der Waals surface area (Å²) >= 11 is 6.23. The van der Waals surface area contributed by atoms with Crippen LogP contribution in [0.2, 0.25) is 31.5 Å². The molecule has 0 aliphatic carbocycles. The number of hydrogen-bond donors (Lipinski definition) is 0. The minimum atomic E-state index is -2.04. The largest absolute Gasteiger partial charge is 0.494 e. The van der Waals surface area contributed by atoms with Crippen molar-refractivity contribution in [2.45, 2.75) is 65.1 Å². The number of benzene rings is 14. The zero-order valence-corrected chi connectivity index (χ0v) is 67.7. The molecule has 0 radical (unpaired) electrons. The Morgan fingerprint density at radius 2 is 0.649 bits per heavy atom. The van der Waals surface area contributed by atoms with Gasteiger partial charge in [-0.15, -0.1) is 0 Å². The van der Waals surface area contributed by atoms with E-state index in [0.717, 1.165) is 73.3 Å². The Kier molecular flexibility index (Phi) is 18.0. The lowest BCUT2D eigenvalue weighted by Gasteiger charge is -2.32. The van der Waals surface area contributed by atoms with Crippen molar-refractivity contribution >= 4 is 105 Å². The average molecular weight is 1530 g/mol. The standard InChI is InChI=1S/C48H35N3Si.C36H32BNO2.C18H15ClN2Si/c1-52(2)43-27-13-12-24-39(43)46-47(52)45(33-18-8-4-9-19-33)49-48(50-46)36-21-14-20-35(30-36)38-25-15-26-42-44(38)40-31-34(32-16-6-3-7-17-32)28-29-41(40)51(42)37-22-10-5-11-23-37;1-35(2)36(3,4)40-37(39-35)28-16-11-15-27(23-28)30-19-12-20-33-34(30)31-24-26(25-13-7-5-8-14-25)21-22-32(31)38(33)29-17-9-6-10-18-29;1-22(2)14-11-7-6-10-13(14)16-17(22)15(20-18(19)21-16)12-8-4-3-5-9-12/h3-31H,1-2H3;5-24H,1-4H3;3-11H,1-2H3. The normalized spacial score (nSPS) is 14.4. The van der Waals surface area contributed by atoms with Gasteiger partial charge in [-0.2, -0.15) is 0 Å². The number of aromatic nitrogens is 6. The number of fused-ring (bicyclic) bond motifs is 12. The number of nitrogens with zero attached hydrogens (tertiary/aromatic N) is 6. The van der Waals surface area contributed by atoms with Crippen LogP contribution in [0.5, 0.6) is 0 Å². The average Bonchev–Trinajstić information content (AvgIpc) is 1.57. The van der Waals surface area contributed by atoms with Crippen molar-refractivity contribution in [1.29, 1.82) is 0 Å². The monoisotopic (exact) mass is 1520 g/mol. The molecular weight excluding hydrogens is 1440 g/mol. The summed E-state index contributed by atoms with van der Waals surface area (Å²) in [6, 6.07) is 125. The molecule has 4 aromatic heterocycles. The van der Waals surface area contributed by atoms with Crippen molar-refractivity contribution in [2.24, 2.45) is 0 Å². The molecule has 21 rings (SSSR count). The molecule has 8 nitrogen and oxygen atoms in total. The first kappa shape index (κ1) is 71.8. The molecule has 14 aromatic carbocycles. The molecule has 0 atom stereocenters. The summed E-state index contributed by atoms with van der Waals surface area (Å²) in [7, 11) is -4.25. The summed E-state index contributed by atoms with van der Waals surface area (Å²) in [4.78, 5) is 20.0. The smallest absolute Gasteiger partial charge is 0.399 e. The van der Waals surface area contributed by atoms with E-state index >= 15 is 0 Å². The van der Waals surface area contributed by atoms with Crippen molar-refractivity contribution in [3.8, 4) is 112 Å². The van der Waals surface area contributed by atoms with Crippen molar-refractivity contribution in [3.05, 3.63) is 357 Å². The van der Waals surface area contributed by atoms with Crippen LogP contribution in [0.4, 0.5) is 0 Å². The van der Waals surface area contributed by atoms with E-state index in [0.29, 0.717) is 5.28 Å². The molecule has 1 saturated heterocycles. The predicted molar refractivity (Wildman–Crippen MR) is 482 cm³/mol. The molecule has 18 aromatic rings. The molecule has 1 fully saturated rings. The zero-order valence-electron chi connectivity index (χ0n) is 64.9. The molecule has 0 saturated carbocycles. The molecule has 12 heteroatoms. The maximum Gasteiger partial charge on any atom is 0.494 e. The van der Waals surface area contributed by atoms with Crippen LogP contribution in [0.3, 0.4) is 0 Å². The van der Waals surface area contributed by atoms with Gasteiger partial charge >= 0.3 is 7.12 Å². The number of halogens is 1. The summed E-state index contributed by atoms with van der Waals surface area (Å²) in [5.74, 6) is 0.756. The van der Waals surface area contributed by atoms with Gasteiger partial charge in [-0.3, -0.25) is 0 Å². The minimum absolute atomic E-state index is 0.319. The van der Waals surface area contributed by atoms with E-state index in [2.05, 4.69) is 407 Å². The van der Waals surface area contributed by atoms with Crippen LogP contribution in [0.1, 0.15) is 27.7 Å². The third-order valence-electron chi connectivity index (χ3n) is 23.8. The summed E-state index contributed by atoms with van der Waals surface area (Å²) in [5.41, 5.74) is 26.7. The van der Waals surface area contributed by atoms with Crippen molar-refractivity contribution < 1.29 is 9.31 Å². The number of rotatable bonds is 10. The van der Waals surface area contributed by atoms with E-state index in [-0.39, 0.29) is 11.2 Å². The highest BCUT2D eigenvalue weighted by atomic mass is 35.5. The van der Waals surface area contributed by atoms with Crippen LogP contribution >= 0.6 is 11.6 Å². The predicted octanol–water partition coefficient (Wildman–Crippen LogP) is 23.1. The Bertz CT molecular complexity index is 6740. The van der Waals surface area contributed by atoms with Crippen LogP contribution in [-0.2, 0) is 9.31 Å². The molecule has 0 N–H and O–H groups in total. The Morgan fingerprint density at radius 3 is 1.12 bits per heavy atom. The lowest BCUT2D eigenvalue weighted by molar-refractivity contribution is 0.00578. The first-order valence-corrected chi connectivity index (χ1v) is 45.6. The quantitative estimate of drug-likeness (QED) is 0.100. The van der Waals surface area contributed by atoms with Gasteiger partial charge in [0.05, 0.1) is 56.0 Å². The van der Waals surface area contributed by atoms with Crippen LogP contribution in [0.25, 0.3) is 156 Å². The zero-order chi connectivity index (χ0) is 77.6. The molecular formula is C102H82BClN6O2Si2. The second-order valence-electron chi connectivity index (χ2n) is 32.0. The Balaban J connectivity index is 0.000000124. The van der Waals surface area contributed by atoms with Crippen molar-refractivity contribution in [3.63, 3.8) is 0 Å². The third-order valence-corrected chi connectivity index (χ3v) is 31.0. The number of hydrogen-bond acceptors (Lipinski definition) is 6. The molecule has 114 heavy (non-hydrogen) atoms. The van der Waals surface area contributed by atoms with Crippen LogP contribution in [0, 0.1) is 0 Å². The van der Waals surface area contributed by atoms with E-state index in [1.807, 2.05) is 18.2 Å². The van der Waals surface area contributed by atoms with E-state index in [1.54, 1.807) is 0 Å². The molecule has 550 valence electrons. The van der Waals surface area contributed by atoms with Crippen molar-refractivity contribution in [1.82, 2.24) is 29.1 Å². The van der Waals surface area contributed by atoms with Gasteiger partial charge in [0.25, 0.3) is 0 Å². The SMILES string of the molecule is CC1(C)OB(c2cccc(-c3cccc4c3c3cc(-c5ccccc5)ccc3n4-c3ccccc3)c2)OC1(C)C.C[Si]1(C)c2ccccc2-c2nc(-c3cccc(-c4cccc5c4c4cc(-c6ccccc6)ccc4n5-c4ccccc4)c3)nc(-c3ccccc3)c21.C[Si]1(C)c2ccccc2-c2nc(Cl)nc(-c3ccccc3)c21. The Labute approximate surface area is 672 Å². The second kappa shape index (κ2) is 28.6. The van der Waals surface area contributed by atoms with Gasteiger partial charge in [-0.1, -0.05) is 311 Å². The fraction of sp³-hybridized carbons (Fsp3) is 0.0980. The first-order chi connectivity index (χ1) is 55.5. The van der Waals surface area contributed by atoms with E-state index in [1.165, 1.54) is 109 Å². The maximum absolute atomic E-state index is 6.40. The molecule has 0 unspecified atom stereocenters. The highest BCUT2D eigenvalue weighted by Crippen LogP contribution is 2.45. The molecule has 0 bridgehead atoms. The first-order valence-electron chi connectivity index (χ1n) is 39.2. The summed E-state index contributed by atoms with van der Waals surface area (Å²) in [6.07, 6.45) is 0. The van der Waals surface area contributed by atoms with Gasteiger partial charge in [0, 0.05) is 49.6 Å².